The van der Waals surface area contributed by atoms with E-state index in [1.165, 1.54) is 132 Å². The number of nitriles is 1. The third kappa shape index (κ3) is 24.8. The molecule has 9 fully saturated rings. The van der Waals surface area contributed by atoms with Crippen LogP contribution < -0.4 is 21.7 Å². The summed E-state index contributed by atoms with van der Waals surface area (Å²) in [5.74, 6) is -3.65. The number of nitrogens with one attached hydrogen (secondary N) is 3. The number of likely N-dealkylation sites (tertiary alicyclic amines) is 1. The number of rotatable bonds is 17. The quantitative estimate of drug-likeness (QED) is 0.0745. The fourth-order valence-electron chi connectivity index (χ4n) is 17.5. The number of hydrogen-bond acceptors (Lipinski definition) is 13. The Kier molecular flexibility index (Phi) is 32.3. The molecule has 13 rings (SSSR count). The summed E-state index contributed by atoms with van der Waals surface area (Å²) in [6.45, 7) is 23.6. The maximum absolute atomic E-state index is 12.6. The van der Waals surface area contributed by atoms with Crippen molar-refractivity contribution in [1.82, 2.24) is 55.1 Å². The van der Waals surface area contributed by atoms with Gasteiger partial charge in [-0.25, -0.2) is 0 Å². The number of carbonyl (C=O) groups is 2. The minimum Gasteiger partial charge on any atom is -0.346 e. The summed E-state index contributed by atoms with van der Waals surface area (Å²) >= 11 is 0. The topological polar surface area (TPSA) is 146 Å². The van der Waals surface area contributed by atoms with Crippen molar-refractivity contribution < 1.29 is 35.9 Å². The summed E-state index contributed by atoms with van der Waals surface area (Å²) in [5.41, 5.74) is 11.2. The Balaban J connectivity index is 0.000000150. The average Bonchev–Trinajstić information content (AvgIpc) is 0.816. The zero-order valence-corrected chi connectivity index (χ0v) is 61.2. The largest absolute Gasteiger partial charge is 0.471 e. The molecule has 4 aliphatic carbocycles. The first-order valence-corrected chi connectivity index (χ1v) is 39.0. The molecule has 5 N–H and O–H groups in total. The normalized spacial score (nSPS) is 22.7. The minimum atomic E-state index is -4.82. The molecule has 9 aliphatic rings. The van der Waals surface area contributed by atoms with Crippen LogP contribution in [0.4, 0.5) is 26.3 Å². The van der Waals surface area contributed by atoms with E-state index < -0.39 is 24.2 Å². The number of nitrogens with zero attached hydrogens (tertiary/aromatic N) is 9. The molecule has 0 unspecified atom stereocenters. The number of piperazine rings is 4. The van der Waals surface area contributed by atoms with Crippen LogP contribution >= 0.6 is 0 Å². The molecule has 0 aromatic heterocycles. The van der Waals surface area contributed by atoms with Crippen molar-refractivity contribution in [2.24, 2.45) is 5.73 Å². The molecule has 0 spiro atoms. The van der Waals surface area contributed by atoms with Crippen LogP contribution in [0.1, 0.15) is 170 Å². The number of nitrogens with two attached hydrogens (primary N) is 1. The number of carbonyl (C=O) groups excluding carboxylic acids is 2. The number of benzene rings is 4. The van der Waals surface area contributed by atoms with Gasteiger partial charge >= 0.3 is 24.2 Å². The molecule has 4 aromatic carbocycles. The molecular formula is C81H121F6N13O2. The summed E-state index contributed by atoms with van der Waals surface area (Å²) in [7, 11) is 0. The van der Waals surface area contributed by atoms with Crippen LogP contribution in [0.3, 0.4) is 0 Å². The van der Waals surface area contributed by atoms with E-state index in [2.05, 4.69) is 164 Å². The van der Waals surface area contributed by atoms with Crippen molar-refractivity contribution >= 4 is 11.8 Å². The highest BCUT2D eigenvalue weighted by atomic mass is 19.4. The maximum atomic E-state index is 12.6. The van der Waals surface area contributed by atoms with Crippen molar-refractivity contribution in [3.8, 4) is 6.07 Å². The molecule has 4 aromatic rings. The van der Waals surface area contributed by atoms with Crippen molar-refractivity contribution in [3.05, 3.63) is 144 Å². The summed E-state index contributed by atoms with van der Waals surface area (Å²) < 4.78 is 74.8. The van der Waals surface area contributed by atoms with Crippen molar-refractivity contribution in [2.75, 3.05) is 137 Å². The summed E-state index contributed by atoms with van der Waals surface area (Å²) in [6, 6.07) is 45.2. The van der Waals surface area contributed by atoms with Gasteiger partial charge in [0, 0.05) is 167 Å². The minimum absolute atomic E-state index is 0.0873. The lowest BCUT2D eigenvalue weighted by atomic mass is 9.79. The molecule has 5 aliphatic heterocycles. The van der Waals surface area contributed by atoms with Crippen LogP contribution in [0.25, 0.3) is 0 Å². The highest BCUT2D eigenvalue weighted by Crippen LogP contribution is 2.38. The van der Waals surface area contributed by atoms with E-state index >= 15 is 0 Å². The molecule has 5 saturated heterocycles. The number of hydrogen-bond donors (Lipinski definition) is 4. The van der Waals surface area contributed by atoms with Gasteiger partial charge in [-0.15, -0.1) is 0 Å². The molecule has 0 bridgehead atoms. The third-order valence-electron chi connectivity index (χ3n) is 23.6. The summed E-state index contributed by atoms with van der Waals surface area (Å²) in [4.78, 5) is 42.2. The van der Waals surface area contributed by atoms with E-state index in [9.17, 15) is 41.2 Å². The maximum Gasteiger partial charge on any atom is 0.471 e. The zero-order chi connectivity index (χ0) is 72.0. The van der Waals surface area contributed by atoms with E-state index in [0.29, 0.717) is 5.54 Å². The second-order valence-electron chi connectivity index (χ2n) is 30.4. The molecule has 0 radical (unpaired) electrons. The predicted molar refractivity (Wildman–Crippen MR) is 396 cm³/mol. The lowest BCUT2D eigenvalue weighted by Gasteiger charge is -2.50. The molecule has 4 saturated carbocycles. The Hall–Kier alpha value is -5.51. The molecule has 2 amide bonds. The van der Waals surface area contributed by atoms with E-state index in [4.69, 9.17) is 5.73 Å². The number of piperidine rings is 1. The molecule has 5 heterocycles. The predicted octanol–water partition coefficient (Wildman–Crippen LogP) is 12.6. The molecule has 15 nitrogen and oxygen atoms in total. The average molecular weight is 1420 g/mol. The van der Waals surface area contributed by atoms with Gasteiger partial charge in [0.25, 0.3) is 0 Å². The molecule has 21 heteroatoms. The van der Waals surface area contributed by atoms with Crippen molar-refractivity contribution in [3.63, 3.8) is 0 Å². The Labute approximate surface area is 606 Å². The molecular weight excluding hydrogens is 1300 g/mol. The van der Waals surface area contributed by atoms with Crippen LogP contribution in [0.2, 0.25) is 0 Å². The Morgan fingerprint density at radius 2 is 0.647 bits per heavy atom. The number of alkyl halides is 6. The Morgan fingerprint density at radius 1 is 0.373 bits per heavy atom. The fourth-order valence-corrected chi connectivity index (χ4v) is 17.5. The summed E-state index contributed by atoms with van der Waals surface area (Å²) in [6.07, 6.45) is 16.9. The second-order valence-corrected chi connectivity index (χ2v) is 30.4. The van der Waals surface area contributed by atoms with Crippen molar-refractivity contribution in [1.29, 1.82) is 5.26 Å². The van der Waals surface area contributed by atoms with Gasteiger partial charge in [0.2, 0.25) is 0 Å². The molecule has 102 heavy (non-hydrogen) atoms. The lowest BCUT2D eigenvalue weighted by molar-refractivity contribution is -0.174. The van der Waals surface area contributed by atoms with E-state index in [-0.39, 0.29) is 29.7 Å². The summed E-state index contributed by atoms with van der Waals surface area (Å²) in [5, 5.41) is 17.2. The Bertz CT molecular complexity index is 3010. The zero-order valence-electron chi connectivity index (χ0n) is 61.2. The van der Waals surface area contributed by atoms with Gasteiger partial charge in [-0.2, -0.15) is 31.6 Å². The van der Waals surface area contributed by atoms with Gasteiger partial charge < -0.3 is 21.7 Å². The monoisotopic (exact) mass is 1420 g/mol. The van der Waals surface area contributed by atoms with Gasteiger partial charge in [0.05, 0.1) is 6.07 Å². The van der Waals surface area contributed by atoms with E-state index in [1.807, 2.05) is 18.2 Å². The van der Waals surface area contributed by atoms with Gasteiger partial charge in [-0.3, -0.25) is 48.8 Å². The highest BCUT2D eigenvalue weighted by Gasteiger charge is 2.46. The smallest absolute Gasteiger partial charge is 0.346 e. The first-order chi connectivity index (χ1) is 49.4. The van der Waals surface area contributed by atoms with E-state index in [0.717, 1.165) is 188 Å². The first kappa shape index (κ1) is 80.6. The van der Waals surface area contributed by atoms with Gasteiger partial charge in [0.1, 0.15) is 5.54 Å². The standard InChI is InChI=1S/C20H28F3N3O.C18H29N3.C18H25N3.C13H22F3N3O.C12H17N/c21-20(22,23)18(27)24-16-19(9-5-2-6-10-19)26-13-11-25(12-14-26)15-17-7-3-1-4-8-17;2*19-16-18(9-5-2-6-10-18)21-13-11-20(12-14-21)15-17-7-3-1-4-8-17;14-13(15,16)11(20)18-10-12(4-2-1-3-5-12)19-8-6-17-7-9-19;1-3-7-12(8-4-1)11-13-9-5-2-6-10-13/h1,3-4,7-8H,2,5-6,9-16H2,(H,24,27);1,3-4,7-8H,2,5-6,9-16,19H2;1,3-4,7-8H,2,5-6,9-15H2;17H,1-10H2,(H,18,20);1,3-4,7-8H,2,5-6,9-11H2. The van der Waals surface area contributed by atoms with E-state index in [1.54, 1.807) is 0 Å². The van der Waals surface area contributed by atoms with Crippen LogP contribution in [0, 0.1) is 11.3 Å². The third-order valence-corrected chi connectivity index (χ3v) is 23.6. The second kappa shape index (κ2) is 40.8. The van der Waals surface area contributed by atoms with Crippen molar-refractivity contribution in [2.45, 2.75) is 208 Å². The Morgan fingerprint density at radius 3 is 0.961 bits per heavy atom. The first-order valence-electron chi connectivity index (χ1n) is 39.0. The number of amides is 2. The molecule has 0 atom stereocenters. The van der Waals surface area contributed by atoms with Crippen LogP contribution in [0.15, 0.2) is 121 Å². The SMILES string of the molecule is N#CC1(N2CCN(Cc3ccccc3)CC2)CCCCC1.NCC1(N2CCN(Cc3ccccc3)CC2)CCCCC1.O=C(NCC1(N2CCN(Cc3ccccc3)CC2)CCCCC1)C(F)(F)F.O=C(NCC1(N2CCNCC2)CCCCC1)C(F)(F)F.c1ccc(CN2CCCCC2)cc1. The highest BCUT2D eigenvalue weighted by molar-refractivity contribution is 5.82. The van der Waals surface area contributed by atoms with Crippen LogP contribution in [0.5, 0.6) is 0 Å². The molecule has 564 valence electrons. The fraction of sp³-hybridized carbons (Fsp3) is 0.667. The number of halogens is 6. The van der Waals surface area contributed by atoms with Gasteiger partial charge in [-0.1, -0.05) is 205 Å². The van der Waals surface area contributed by atoms with Crippen LogP contribution in [-0.2, 0) is 35.8 Å². The van der Waals surface area contributed by atoms with Crippen LogP contribution in [-0.4, -0.2) is 223 Å². The lowest BCUT2D eigenvalue weighted by Crippen LogP contribution is -2.62. The van der Waals surface area contributed by atoms with Gasteiger partial charge in [0.15, 0.2) is 0 Å². The van der Waals surface area contributed by atoms with Gasteiger partial charge in [-0.05, 0) is 99.6 Å².